The molecule has 8 nitrogen and oxygen atoms in total. The number of halogens is 2. The molecule has 10 heteroatoms. The molecule has 2 aromatic heterocycles. The van der Waals surface area contributed by atoms with E-state index in [-0.39, 0.29) is 17.1 Å². The van der Waals surface area contributed by atoms with Crippen LogP contribution in [-0.2, 0) is 0 Å². The van der Waals surface area contributed by atoms with Crippen molar-refractivity contribution in [3.8, 4) is 34.5 Å². The lowest BCUT2D eigenvalue weighted by Crippen LogP contribution is -2.44. The van der Waals surface area contributed by atoms with Crippen molar-refractivity contribution in [3.63, 3.8) is 0 Å². The molecule has 0 aliphatic carbocycles. The highest BCUT2D eigenvalue weighted by Gasteiger charge is 2.20. The van der Waals surface area contributed by atoms with Crippen molar-refractivity contribution >= 4 is 29.1 Å². The van der Waals surface area contributed by atoms with Crippen molar-refractivity contribution in [1.82, 2.24) is 19.9 Å². The van der Waals surface area contributed by atoms with Crippen LogP contribution < -0.4 is 16.4 Å². The van der Waals surface area contributed by atoms with E-state index in [1.54, 1.807) is 24.3 Å². The quantitative estimate of drug-likeness (QED) is 0.334. The molecule has 39 heavy (non-hydrogen) atoms. The third kappa shape index (κ3) is 5.58. The number of nitrogen functional groups attached to an aromatic ring is 1. The van der Waals surface area contributed by atoms with Crippen LogP contribution in [0.1, 0.15) is 27.0 Å². The fraction of sp³-hybridized carbons (Fsp3) is 0.207. The van der Waals surface area contributed by atoms with Crippen molar-refractivity contribution in [3.05, 3.63) is 81.8 Å². The summed E-state index contributed by atoms with van der Waals surface area (Å²) in [6.07, 6.45) is 1.47. The molecular formula is C29H27ClFN7O. The van der Waals surface area contributed by atoms with Gasteiger partial charge in [0.2, 0.25) is 5.95 Å². The number of benzene rings is 2. The van der Waals surface area contributed by atoms with Crippen molar-refractivity contribution in [2.75, 3.05) is 43.9 Å². The number of primary amides is 1. The van der Waals surface area contributed by atoms with Gasteiger partial charge in [-0.05, 0) is 55.9 Å². The van der Waals surface area contributed by atoms with Gasteiger partial charge in [0, 0.05) is 48.6 Å². The van der Waals surface area contributed by atoms with Gasteiger partial charge in [-0.25, -0.2) is 14.4 Å². The maximum Gasteiger partial charge on any atom is 0.250 e. The first-order chi connectivity index (χ1) is 18.7. The lowest BCUT2D eigenvalue weighted by Gasteiger charge is -2.34. The normalized spacial score (nSPS) is 13.7. The van der Waals surface area contributed by atoms with Crippen LogP contribution in [0.4, 0.5) is 16.0 Å². The van der Waals surface area contributed by atoms with Gasteiger partial charge in [0.25, 0.3) is 5.91 Å². The number of hydrogen-bond acceptors (Lipinski definition) is 6. The van der Waals surface area contributed by atoms with E-state index in [9.17, 15) is 4.79 Å². The van der Waals surface area contributed by atoms with Crippen LogP contribution in [0.2, 0.25) is 5.02 Å². The van der Waals surface area contributed by atoms with Crippen LogP contribution in [0.25, 0.3) is 22.6 Å². The molecule has 1 aliphatic heterocycles. The largest absolute Gasteiger partial charge is 0.369 e. The number of anilines is 2. The molecule has 1 saturated heterocycles. The van der Waals surface area contributed by atoms with Gasteiger partial charge in [-0.3, -0.25) is 4.79 Å². The molecule has 198 valence electrons. The fourth-order valence-electron chi connectivity index (χ4n) is 4.55. The summed E-state index contributed by atoms with van der Waals surface area (Å²) in [5.74, 6) is 4.85. The van der Waals surface area contributed by atoms with Crippen LogP contribution in [0.5, 0.6) is 0 Å². The Morgan fingerprint density at radius 1 is 1.08 bits per heavy atom. The zero-order valence-corrected chi connectivity index (χ0v) is 22.3. The Balaban J connectivity index is 1.52. The van der Waals surface area contributed by atoms with Crippen LogP contribution in [0.3, 0.4) is 0 Å². The van der Waals surface area contributed by atoms with E-state index in [1.807, 2.05) is 19.1 Å². The number of rotatable bonds is 4. The van der Waals surface area contributed by atoms with Crippen molar-refractivity contribution in [2.45, 2.75) is 6.92 Å². The Labute approximate surface area is 230 Å². The SMILES string of the molecule is Cc1ccc(Cl)cc1-c1[nH]c(-c2nc(N)ncc2C#Cc2ccc(N3CCN(C)CC3)cc2F)cc1C(N)=O. The van der Waals surface area contributed by atoms with Crippen molar-refractivity contribution in [2.24, 2.45) is 5.73 Å². The number of hydrogen-bond donors (Lipinski definition) is 3. The van der Waals surface area contributed by atoms with Crippen molar-refractivity contribution < 1.29 is 9.18 Å². The third-order valence-corrected chi connectivity index (χ3v) is 7.00. The standard InChI is InChI=1S/C29H27ClFN7O/c1-17-3-7-20(30)13-22(17)27-23(28(32)39)15-25(35-27)26-19(16-34-29(33)36-26)5-4-18-6-8-21(14-24(18)31)38-11-9-37(2)10-12-38/h3,6-8,13-16,35H,9-12H2,1-2H3,(H2,32,39)(H2,33,34,36). The molecule has 2 aromatic carbocycles. The molecule has 0 spiro atoms. The van der Waals surface area contributed by atoms with Gasteiger partial charge in [0.15, 0.2) is 0 Å². The lowest BCUT2D eigenvalue weighted by molar-refractivity contribution is 0.100. The number of carbonyl (C=O) groups is 1. The third-order valence-electron chi connectivity index (χ3n) is 6.77. The second-order valence-corrected chi connectivity index (χ2v) is 9.93. The predicted octanol–water partition coefficient (Wildman–Crippen LogP) is 4.07. The van der Waals surface area contributed by atoms with E-state index in [2.05, 4.69) is 43.6 Å². The summed E-state index contributed by atoms with van der Waals surface area (Å²) >= 11 is 6.22. The molecule has 0 saturated carbocycles. The zero-order chi connectivity index (χ0) is 27.7. The number of nitrogens with one attached hydrogen (secondary N) is 1. The molecule has 1 amide bonds. The molecule has 3 heterocycles. The van der Waals surface area contributed by atoms with Crippen LogP contribution >= 0.6 is 11.6 Å². The van der Waals surface area contributed by atoms with Crippen LogP contribution in [-0.4, -0.2) is 59.0 Å². The average Bonchev–Trinajstić information content (AvgIpc) is 3.36. The minimum Gasteiger partial charge on any atom is -0.369 e. The van der Waals surface area contributed by atoms with Gasteiger partial charge in [-0.15, -0.1) is 0 Å². The van der Waals surface area contributed by atoms with Gasteiger partial charge in [0.05, 0.1) is 28.1 Å². The van der Waals surface area contributed by atoms with Gasteiger partial charge in [-0.2, -0.15) is 0 Å². The van der Waals surface area contributed by atoms with Gasteiger partial charge in [0.1, 0.15) is 11.5 Å². The smallest absolute Gasteiger partial charge is 0.250 e. The molecule has 5 rings (SSSR count). The summed E-state index contributed by atoms with van der Waals surface area (Å²) < 4.78 is 15.0. The average molecular weight is 544 g/mol. The highest BCUT2D eigenvalue weighted by molar-refractivity contribution is 6.31. The molecular weight excluding hydrogens is 517 g/mol. The van der Waals surface area contributed by atoms with Gasteiger partial charge in [-0.1, -0.05) is 29.5 Å². The molecule has 1 aliphatic rings. The van der Waals surface area contributed by atoms with Crippen LogP contribution in [0, 0.1) is 24.6 Å². The number of aryl methyl sites for hydroxylation is 1. The Morgan fingerprint density at radius 3 is 2.54 bits per heavy atom. The molecule has 0 radical (unpaired) electrons. The molecule has 0 bridgehead atoms. The van der Waals surface area contributed by atoms with Gasteiger partial charge < -0.3 is 26.3 Å². The molecule has 0 atom stereocenters. The first-order valence-electron chi connectivity index (χ1n) is 12.4. The number of H-pyrrole nitrogens is 1. The van der Waals surface area contributed by atoms with E-state index in [1.165, 1.54) is 12.3 Å². The highest BCUT2D eigenvalue weighted by atomic mass is 35.5. The Kier molecular flexibility index (Phi) is 7.24. The molecule has 0 unspecified atom stereocenters. The monoisotopic (exact) mass is 543 g/mol. The number of amides is 1. The number of carbonyl (C=O) groups excluding carboxylic acids is 1. The summed E-state index contributed by atoms with van der Waals surface area (Å²) in [6, 6.07) is 12.0. The number of nitrogens with two attached hydrogens (primary N) is 2. The zero-order valence-electron chi connectivity index (χ0n) is 21.6. The molecule has 4 aromatic rings. The summed E-state index contributed by atoms with van der Waals surface area (Å²) in [5.41, 5.74) is 16.3. The maximum atomic E-state index is 15.0. The van der Waals surface area contributed by atoms with Gasteiger partial charge >= 0.3 is 0 Å². The summed E-state index contributed by atoms with van der Waals surface area (Å²) in [5, 5.41) is 0.515. The van der Waals surface area contributed by atoms with Crippen LogP contribution in [0.15, 0.2) is 48.7 Å². The van der Waals surface area contributed by atoms with E-state index in [0.717, 1.165) is 43.0 Å². The Hall–Kier alpha value is -4.39. The molecule has 5 N–H and O–H groups in total. The Morgan fingerprint density at radius 2 is 1.82 bits per heavy atom. The maximum absolute atomic E-state index is 15.0. The predicted molar refractivity (Wildman–Crippen MR) is 152 cm³/mol. The molecule has 1 fully saturated rings. The van der Waals surface area contributed by atoms with E-state index >= 15 is 4.39 Å². The van der Waals surface area contributed by atoms with Crippen molar-refractivity contribution in [1.29, 1.82) is 0 Å². The summed E-state index contributed by atoms with van der Waals surface area (Å²) in [7, 11) is 2.08. The number of piperazine rings is 1. The summed E-state index contributed by atoms with van der Waals surface area (Å²) in [6.45, 7) is 5.44. The first kappa shape index (κ1) is 26.2. The second-order valence-electron chi connectivity index (χ2n) is 9.49. The topological polar surface area (TPSA) is 117 Å². The number of likely N-dealkylation sites (N-methyl/N-ethyl adjacent to an activating group) is 1. The fourth-order valence-corrected chi connectivity index (χ4v) is 4.72. The van der Waals surface area contributed by atoms with E-state index < -0.39 is 11.7 Å². The summed E-state index contributed by atoms with van der Waals surface area (Å²) in [4.78, 5) is 28.4. The second kappa shape index (κ2) is 10.8. The number of aromatic nitrogens is 3. The number of nitrogens with zero attached hydrogens (tertiary/aromatic N) is 4. The Bertz CT molecular complexity index is 1630. The first-order valence-corrected chi connectivity index (χ1v) is 12.7. The minimum absolute atomic E-state index is 0.0222. The van der Waals surface area contributed by atoms with E-state index in [0.29, 0.717) is 27.7 Å². The van der Waals surface area contributed by atoms with E-state index in [4.69, 9.17) is 23.1 Å². The number of aromatic amines is 1. The lowest BCUT2D eigenvalue weighted by atomic mass is 10.0. The highest BCUT2D eigenvalue weighted by Crippen LogP contribution is 2.33. The minimum atomic E-state index is -0.621.